The van der Waals surface area contributed by atoms with Gasteiger partial charge in [-0.15, -0.1) is 11.8 Å². The maximum Gasteiger partial charge on any atom is 0.333 e. The number of thioether (sulfide) groups is 1. The lowest BCUT2D eigenvalue weighted by molar-refractivity contribution is -0.136. The summed E-state index contributed by atoms with van der Waals surface area (Å²) in [5, 5.41) is 0. The highest BCUT2D eigenvalue weighted by Crippen LogP contribution is 2.17. The molecule has 0 amide bonds. The minimum Gasteiger partial charge on any atom is -0.466 e. The minimum atomic E-state index is -0.260. The number of rotatable bonds is 4. The second-order valence-electron chi connectivity index (χ2n) is 3.00. The van der Waals surface area contributed by atoms with Gasteiger partial charge in [-0.25, -0.2) is 4.79 Å². The van der Waals surface area contributed by atoms with Gasteiger partial charge in [0, 0.05) is 16.2 Å². The summed E-state index contributed by atoms with van der Waals surface area (Å²) in [4.78, 5) is 12.3. The maximum absolute atomic E-state index is 11.1. The molecule has 0 saturated heterocycles. The Morgan fingerprint density at radius 3 is 2.67 bits per heavy atom. The molecule has 0 N–H and O–H groups in total. The van der Waals surface area contributed by atoms with Crippen molar-refractivity contribution < 1.29 is 9.53 Å². The summed E-state index contributed by atoms with van der Waals surface area (Å²) >= 11 is 1.69. The van der Waals surface area contributed by atoms with Gasteiger partial charge in [-0.05, 0) is 19.1 Å². The molecule has 0 heterocycles. The first-order valence-electron chi connectivity index (χ1n) is 4.67. The summed E-state index contributed by atoms with van der Waals surface area (Å²) in [6, 6.07) is 10.1. The molecule has 0 aliphatic rings. The van der Waals surface area contributed by atoms with Crippen molar-refractivity contribution in [2.45, 2.75) is 11.8 Å². The van der Waals surface area contributed by atoms with Crippen molar-refractivity contribution in [3.05, 3.63) is 42.0 Å². The lowest BCUT2D eigenvalue weighted by Gasteiger charge is -1.99. The number of methoxy groups -OCH3 is 1. The molecule has 80 valence electrons. The monoisotopic (exact) mass is 222 g/mol. The van der Waals surface area contributed by atoms with Crippen molar-refractivity contribution in [1.82, 2.24) is 0 Å². The van der Waals surface area contributed by atoms with Crippen molar-refractivity contribution in [3.63, 3.8) is 0 Å². The van der Waals surface area contributed by atoms with Crippen molar-refractivity contribution >= 4 is 17.7 Å². The highest BCUT2D eigenvalue weighted by molar-refractivity contribution is 7.99. The number of carbonyl (C=O) groups excluding carboxylic acids is 1. The second-order valence-corrected chi connectivity index (χ2v) is 4.10. The predicted octanol–water partition coefficient (Wildman–Crippen LogP) is 2.90. The van der Waals surface area contributed by atoms with Gasteiger partial charge in [0.2, 0.25) is 0 Å². The molecule has 0 fully saturated rings. The molecule has 2 nitrogen and oxygen atoms in total. The topological polar surface area (TPSA) is 26.3 Å². The Kier molecular flexibility index (Phi) is 4.98. The molecule has 0 aliphatic heterocycles. The summed E-state index contributed by atoms with van der Waals surface area (Å²) in [5.41, 5.74) is 0.654. The van der Waals surface area contributed by atoms with E-state index in [1.165, 1.54) is 12.0 Å². The van der Waals surface area contributed by atoms with Gasteiger partial charge in [-0.1, -0.05) is 24.3 Å². The summed E-state index contributed by atoms with van der Waals surface area (Å²) in [6.07, 6.45) is 1.88. The highest BCUT2D eigenvalue weighted by atomic mass is 32.2. The van der Waals surface area contributed by atoms with E-state index in [1.54, 1.807) is 18.7 Å². The van der Waals surface area contributed by atoms with E-state index in [2.05, 4.69) is 4.74 Å². The normalized spacial score (nSPS) is 11.2. The molecule has 0 radical (unpaired) electrons. The van der Waals surface area contributed by atoms with Gasteiger partial charge in [-0.3, -0.25) is 0 Å². The minimum absolute atomic E-state index is 0.260. The third kappa shape index (κ3) is 4.21. The molecule has 0 bridgehead atoms. The van der Waals surface area contributed by atoms with E-state index in [0.717, 1.165) is 5.75 Å². The van der Waals surface area contributed by atoms with Crippen LogP contribution in [0.5, 0.6) is 0 Å². The molecular formula is C12H14O2S. The van der Waals surface area contributed by atoms with E-state index in [-0.39, 0.29) is 5.97 Å². The number of ether oxygens (including phenoxy) is 1. The fourth-order valence-electron chi connectivity index (χ4n) is 1.02. The molecule has 0 spiro atoms. The Morgan fingerprint density at radius 1 is 1.40 bits per heavy atom. The van der Waals surface area contributed by atoms with Gasteiger partial charge >= 0.3 is 5.97 Å². The Bertz CT molecular complexity index is 344. The van der Waals surface area contributed by atoms with E-state index in [1.807, 2.05) is 36.4 Å². The average molecular weight is 222 g/mol. The van der Waals surface area contributed by atoms with Crippen molar-refractivity contribution in [2.24, 2.45) is 0 Å². The lowest BCUT2D eigenvalue weighted by Crippen LogP contribution is -2.01. The molecule has 3 heteroatoms. The predicted molar refractivity (Wildman–Crippen MR) is 62.9 cm³/mol. The molecule has 0 atom stereocenters. The largest absolute Gasteiger partial charge is 0.466 e. The first kappa shape index (κ1) is 11.9. The number of benzene rings is 1. The summed E-state index contributed by atoms with van der Waals surface area (Å²) in [7, 11) is 1.39. The van der Waals surface area contributed by atoms with Crippen LogP contribution in [-0.2, 0) is 9.53 Å². The van der Waals surface area contributed by atoms with Crippen molar-refractivity contribution in [3.8, 4) is 0 Å². The van der Waals surface area contributed by atoms with Crippen LogP contribution in [0.3, 0.4) is 0 Å². The van der Waals surface area contributed by atoms with E-state index in [4.69, 9.17) is 0 Å². The molecular weight excluding hydrogens is 208 g/mol. The molecule has 1 rings (SSSR count). The number of hydrogen-bond acceptors (Lipinski definition) is 3. The molecule has 1 aromatic rings. The molecule has 0 unspecified atom stereocenters. The fraction of sp³-hybridized carbons (Fsp3) is 0.250. The highest BCUT2D eigenvalue weighted by Gasteiger charge is 2.01. The van der Waals surface area contributed by atoms with Gasteiger partial charge in [0.15, 0.2) is 0 Å². The SMILES string of the molecule is COC(=O)C(C)=CCSc1ccccc1. The van der Waals surface area contributed by atoms with E-state index < -0.39 is 0 Å². The van der Waals surface area contributed by atoms with Crippen LogP contribution in [-0.4, -0.2) is 18.8 Å². The lowest BCUT2D eigenvalue weighted by atomic mass is 10.3. The third-order valence-electron chi connectivity index (χ3n) is 1.89. The standard InChI is InChI=1S/C12H14O2S/c1-10(12(13)14-2)8-9-15-11-6-4-3-5-7-11/h3-8H,9H2,1-2H3. The fourth-order valence-corrected chi connectivity index (χ4v) is 1.90. The van der Waals surface area contributed by atoms with Crippen LogP contribution >= 0.6 is 11.8 Å². The number of esters is 1. The van der Waals surface area contributed by atoms with E-state index >= 15 is 0 Å². The van der Waals surface area contributed by atoms with Crippen LogP contribution in [0.25, 0.3) is 0 Å². The average Bonchev–Trinajstić information content (AvgIpc) is 2.29. The number of hydrogen-bond donors (Lipinski definition) is 0. The summed E-state index contributed by atoms with van der Waals surface area (Å²) in [5.74, 6) is 0.522. The molecule has 0 aromatic heterocycles. The molecule has 15 heavy (non-hydrogen) atoms. The third-order valence-corrected chi connectivity index (χ3v) is 2.83. The van der Waals surface area contributed by atoms with Crippen LogP contribution in [0.4, 0.5) is 0 Å². The van der Waals surface area contributed by atoms with Crippen molar-refractivity contribution in [1.29, 1.82) is 0 Å². The van der Waals surface area contributed by atoms with Crippen LogP contribution < -0.4 is 0 Å². The van der Waals surface area contributed by atoms with Gasteiger partial charge in [-0.2, -0.15) is 0 Å². The van der Waals surface area contributed by atoms with Gasteiger partial charge in [0.05, 0.1) is 7.11 Å². The van der Waals surface area contributed by atoms with E-state index in [9.17, 15) is 4.79 Å². The van der Waals surface area contributed by atoms with Crippen molar-refractivity contribution in [2.75, 3.05) is 12.9 Å². The smallest absolute Gasteiger partial charge is 0.333 e. The Morgan fingerprint density at radius 2 is 2.07 bits per heavy atom. The summed E-state index contributed by atoms with van der Waals surface area (Å²) < 4.78 is 4.60. The van der Waals surface area contributed by atoms with Gasteiger partial charge in [0.1, 0.15) is 0 Å². The quantitative estimate of drug-likeness (QED) is 0.445. The Hall–Kier alpha value is -1.22. The Labute approximate surface area is 94.3 Å². The number of carbonyl (C=O) groups is 1. The first-order chi connectivity index (χ1) is 7.24. The van der Waals surface area contributed by atoms with Gasteiger partial charge in [0.25, 0.3) is 0 Å². The molecule has 0 aliphatic carbocycles. The van der Waals surface area contributed by atoms with Gasteiger partial charge < -0.3 is 4.74 Å². The van der Waals surface area contributed by atoms with Crippen LogP contribution in [0, 0.1) is 0 Å². The maximum atomic E-state index is 11.1. The second kappa shape index (κ2) is 6.30. The van der Waals surface area contributed by atoms with Crippen LogP contribution in [0.15, 0.2) is 46.9 Å². The van der Waals surface area contributed by atoms with E-state index in [0.29, 0.717) is 5.57 Å². The zero-order valence-corrected chi connectivity index (χ0v) is 9.71. The zero-order chi connectivity index (χ0) is 11.1. The molecule has 1 aromatic carbocycles. The Balaban J connectivity index is 2.42. The first-order valence-corrected chi connectivity index (χ1v) is 5.65. The van der Waals surface area contributed by atoms with Crippen LogP contribution in [0.2, 0.25) is 0 Å². The van der Waals surface area contributed by atoms with Crippen LogP contribution in [0.1, 0.15) is 6.92 Å². The summed E-state index contributed by atoms with van der Waals surface area (Å²) in [6.45, 7) is 1.76. The molecule has 0 saturated carbocycles. The zero-order valence-electron chi connectivity index (χ0n) is 8.90.